The Bertz CT molecular complexity index is 775. The molecule has 1 heterocycles. The van der Waals surface area contributed by atoms with Crippen LogP contribution in [0.4, 0.5) is 0 Å². The van der Waals surface area contributed by atoms with Crippen molar-refractivity contribution in [3.8, 4) is 0 Å². The molecule has 3 aromatic rings. The third-order valence-corrected chi connectivity index (χ3v) is 3.32. The molecule has 0 fully saturated rings. The Morgan fingerprint density at radius 2 is 1.83 bits per heavy atom. The lowest BCUT2D eigenvalue weighted by molar-refractivity contribution is 0.304. The molecule has 90 valence electrons. The number of hydrogen-bond donors (Lipinski definition) is 0. The molecular weight excluding hydrogens is 246 g/mol. The SMILES string of the molecule is C=c1c2cccc3cccc(c(=O)n1OSC)c32. The van der Waals surface area contributed by atoms with Gasteiger partial charge < -0.3 is 4.28 Å². The molecule has 0 N–H and O–H groups in total. The minimum Gasteiger partial charge on any atom is -0.337 e. The Kier molecular flexibility index (Phi) is 2.52. The third-order valence-electron chi connectivity index (χ3n) is 3.02. The van der Waals surface area contributed by atoms with Crippen molar-refractivity contribution in [3.05, 3.63) is 52.1 Å². The molecule has 2 aromatic carbocycles. The van der Waals surface area contributed by atoms with E-state index in [0.717, 1.165) is 28.2 Å². The van der Waals surface area contributed by atoms with Crippen molar-refractivity contribution in [2.75, 3.05) is 6.26 Å². The van der Waals surface area contributed by atoms with E-state index in [-0.39, 0.29) is 5.56 Å². The lowest BCUT2D eigenvalue weighted by atomic mass is 10.0. The molecular formula is C14H11NO2S. The summed E-state index contributed by atoms with van der Waals surface area (Å²) in [4.78, 5) is 12.3. The van der Waals surface area contributed by atoms with Crippen LogP contribution in [0, 0.1) is 0 Å². The van der Waals surface area contributed by atoms with Gasteiger partial charge in [0.1, 0.15) is 0 Å². The first-order valence-electron chi connectivity index (χ1n) is 5.50. The Balaban J connectivity index is 2.63. The van der Waals surface area contributed by atoms with Gasteiger partial charge in [-0.25, -0.2) is 0 Å². The standard InChI is InChI=1S/C14H11NO2S/c1-9-11-7-3-5-10-6-4-8-12(13(10)11)14(16)15(9)17-18-2/h3-8H,1H2,2H3. The number of hydrogen-bond acceptors (Lipinski definition) is 3. The fourth-order valence-corrected chi connectivity index (χ4v) is 2.56. The van der Waals surface area contributed by atoms with Crippen LogP contribution in [0.3, 0.4) is 0 Å². The lowest BCUT2D eigenvalue weighted by Crippen LogP contribution is -2.35. The molecule has 0 unspecified atom stereocenters. The highest BCUT2D eigenvalue weighted by molar-refractivity contribution is 7.94. The number of nitrogens with zero attached hydrogens (tertiary/aromatic N) is 1. The Labute approximate surface area is 108 Å². The Morgan fingerprint density at radius 1 is 1.17 bits per heavy atom. The summed E-state index contributed by atoms with van der Waals surface area (Å²) in [6, 6.07) is 11.6. The fraction of sp³-hybridized carbons (Fsp3) is 0.0714. The van der Waals surface area contributed by atoms with Gasteiger partial charge in [-0.3, -0.25) is 4.79 Å². The van der Waals surface area contributed by atoms with Gasteiger partial charge in [-0.05, 0) is 11.5 Å². The van der Waals surface area contributed by atoms with E-state index in [1.807, 2.05) is 36.4 Å². The van der Waals surface area contributed by atoms with Gasteiger partial charge in [0.05, 0.1) is 22.8 Å². The van der Waals surface area contributed by atoms with E-state index < -0.39 is 0 Å². The Hall–Kier alpha value is -1.94. The van der Waals surface area contributed by atoms with Gasteiger partial charge in [0.15, 0.2) is 0 Å². The molecule has 0 spiro atoms. The summed E-state index contributed by atoms with van der Waals surface area (Å²) in [5.74, 6) is 0. The van der Waals surface area contributed by atoms with E-state index in [9.17, 15) is 4.79 Å². The minimum atomic E-state index is -0.168. The number of pyridine rings is 1. The van der Waals surface area contributed by atoms with E-state index in [1.54, 1.807) is 6.26 Å². The summed E-state index contributed by atoms with van der Waals surface area (Å²) >= 11 is 1.12. The maximum absolute atomic E-state index is 12.3. The molecule has 4 heteroatoms. The molecule has 0 saturated carbocycles. The average molecular weight is 257 g/mol. The molecule has 0 saturated heterocycles. The van der Waals surface area contributed by atoms with E-state index in [0.29, 0.717) is 10.7 Å². The minimum absolute atomic E-state index is 0.168. The van der Waals surface area contributed by atoms with Crippen LogP contribution in [0.15, 0.2) is 41.2 Å². The van der Waals surface area contributed by atoms with Crippen molar-refractivity contribution in [3.63, 3.8) is 0 Å². The van der Waals surface area contributed by atoms with Crippen LogP contribution in [-0.4, -0.2) is 11.0 Å². The molecule has 0 aliphatic rings. The first kappa shape index (κ1) is 11.2. The number of aromatic nitrogens is 1. The van der Waals surface area contributed by atoms with Crippen molar-refractivity contribution >= 4 is 40.2 Å². The quantitative estimate of drug-likeness (QED) is 0.658. The largest absolute Gasteiger partial charge is 0.337 e. The van der Waals surface area contributed by atoms with Crippen molar-refractivity contribution in [1.82, 2.24) is 4.73 Å². The molecule has 0 radical (unpaired) electrons. The maximum Gasteiger partial charge on any atom is 0.292 e. The third kappa shape index (κ3) is 1.42. The summed E-state index contributed by atoms with van der Waals surface area (Å²) in [7, 11) is 0. The molecule has 0 amide bonds. The molecule has 0 aliphatic carbocycles. The predicted octanol–water partition coefficient (Wildman–Crippen LogP) is 1.99. The van der Waals surface area contributed by atoms with E-state index in [4.69, 9.17) is 4.28 Å². The number of rotatable bonds is 2. The Morgan fingerprint density at radius 3 is 2.50 bits per heavy atom. The highest BCUT2D eigenvalue weighted by Gasteiger charge is 2.10. The molecule has 0 aliphatic heterocycles. The lowest BCUT2D eigenvalue weighted by Gasteiger charge is -2.10. The summed E-state index contributed by atoms with van der Waals surface area (Å²) in [6.07, 6.45) is 1.77. The van der Waals surface area contributed by atoms with Gasteiger partial charge in [0.25, 0.3) is 5.56 Å². The molecule has 1 aromatic heterocycles. The van der Waals surface area contributed by atoms with Gasteiger partial charge in [0, 0.05) is 17.0 Å². The first-order chi connectivity index (χ1) is 8.74. The average Bonchev–Trinajstić information content (AvgIpc) is 2.40. The highest BCUT2D eigenvalue weighted by Crippen LogP contribution is 2.21. The second-order valence-electron chi connectivity index (χ2n) is 4.00. The monoisotopic (exact) mass is 257 g/mol. The van der Waals surface area contributed by atoms with E-state index in [2.05, 4.69) is 6.58 Å². The zero-order valence-corrected chi connectivity index (χ0v) is 10.7. The van der Waals surface area contributed by atoms with Crippen LogP contribution in [0.2, 0.25) is 0 Å². The van der Waals surface area contributed by atoms with Gasteiger partial charge in [-0.15, -0.1) is 4.73 Å². The fourth-order valence-electron chi connectivity index (χ4n) is 2.25. The summed E-state index contributed by atoms with van der Waals surface area (Å²) in [5.41, 5.74) is -0.168. The van der Waals surface area contributed by atoms with Gasteiger partial charge in [-0.1, -0.05) is 36.9 Å². The van der Waals surface area contributed by atoms with Gasteiger partial charge >= 0.3 is 0 Å². The first-order valence-corrected chi connectivity index (χ1v) is 6.65. The second kappa shape index (κ2) is 4.07. The predicted molar refractivity (Wildman–Crippen MR) is 76.5 cm³/mol. The van der Waals surface area contributed by atoms with Crippen molar-refractivity contribution < 1.29 is 4.28 Å². The maximum atomic E-state index is 12.3. The molecule has 3 nitrogen and oxygen atoms in total. The second-order valence-corrected chi connectivity index (χ2v) is 4.48. The summed E-state index contributed by atoms with van der Waals surface area (Å²) in [5, 5.41) is 4.18. The molecule has 0 atom stereocenters. The van der Waals surface area contributed by atoms with Crippen molar-refractivity contribution in [2.24, 2.45) is 0 Å². The van der Waals surface area contributed by atoms with E-state index in [1.165, 1.54) is 4.73 Å². The number of benzene rings is 2. The topological polar surface area (TPSA) is 31.2 Å². The normalized spacial score (nSPS) is 11.2. The van der Waals surface area contributed by atoms with Crippen molar-refractivity contribution in [1.29, 1.82) is 0 Å². The smallest absolute Gasteiger partial charge is 0.292 e. The van der Waals surface area contributed by atoms with Gasteiger partial charge in [0.2, 0.25) is 0 Å². The van der Waals surface area contributed by atoms with Crippen molar-refractivity contribution in [2.45, 2.75) is 0 Å². The zero-order valence-electron chi connectivity index (χ0n) is 9.84. The van der Waals surface area contributed by atoms with Crippen LogP contribution >= 0.6 is 12.0 Å². The molecule has 3 rings (SSSR count). The molecule has 18 heavy (non-hydrogen) atoms. The van der Waals surface area contributed by atoms with E-state index >= 15 is 0 Å². The zero-order chi connectivity index (χ0) is 12.7. The van der Waals surface area contributed by atoms with Gasteiger partial charge in [-0.2, -0.15) is 0 Å². The molecule has 0 bridgehead atoms. The van der Waals surface area contributed by atoms with Crippen LogP contribution in [-0.2, 0) is 0 Å². The summed E-state index contributed by atoms with van der Waals surface area (Å²) < 4.78 is 6.55. The summed E-state index contributed by atoms with van der Waals surface area (Å²) in [6.45, 7) is 3.96. The highest BCUT2D eigenvalue weighted by atomic mass is 32.2. The van der Waals surface area contributed by atoms with Crippen LogP contribution in [0.5, 0.6) is 0 Å². The van der Waals surface area contributed by atoms with Crippen LogP contribution < -0.4 is 15.2 Å². The van der Waals surface area contributed by atoms with Crippen LogP contribution in [0.1, 0.15) is 0 Å². The van der Waals surface area contributed by atoms with Crippen LogP contribution in [0.25, 0.3) is 28.1 Å².